The van der Waals surface area contributed by atoms with Gasteiger partial charge in [0.15, 0.2) is 0 Å². The Morgan fingerprint density at radius 3 is 2.50 bits per heavy atom. The number of hydrogen-bond acceptors (Lipinski definition) is 3. The van der Waals surface area contributed by atoms with Crippen molar-refractivity contribution in [3.63, 3.8) is 0 Å². The molecule has 1 aliphatic carbocycles. The second-order valence-corrected chi connectivity index (χ2v) is 4.79. The smallest absolute Gasteiger partial charge is 0.0741 e. The Morgan fingerprint density at radius 1 is 1.50 bits per heavy atom. The summed E-state index contributed by atoms with van der Waals surface area (Å²) < 4.78 is 5.47. The van der Waals surface area contributed by atoms with Crippen molar-refractivity contribution in [3.8, 4) is 0 Å². The van der Waals surface area contributed by atoms with Gasteiger partial charge >= 0.3 is 0 Å². The van der Waals surface area contributed by atoms with Crippen molar-refractivity contribution in [1.82, 2.24) is 5.32 Å². The quantitative estimate of drug-likeness (QED) is 0.704. The predicted molar refractivity (Wildman–Crippen MR) is 57.3 cm³/mol. The summed E-state index contributed by atoms with van der Waals surface area (Å²) in [6.07, 6.45) is 2.59. The third-order valence-corrected chi connectivity index (χ3v) is 3.04. The van der Waals surface area contributed by atoms with E-state index in [4.69, 9.17) is 4.74 Å². The zero-order valence-corrected chi connectivity index (χ0v) is 9.71. The highest BCUT2D eigenvalue weighted by atomic mass is 16.5. The number of rotatable bonds is 5. The monoisotopic (exact) mass is 201 g/mol. The Hall–Kier alpha value is -0.120. The second-order valence-electron chi connectivity index (χ2n) is 4.79. The standard InChI is InChI=1S/C11H23NO2/c1-5-14-10-6-9(7-10)12-8(2)11(3,4)13/h8-10,12-13H,5-7H2,1-4H3. The van der Waals surface area contributed by atoms with Crippen LogP contribution in [0.1, 0.15) is 40.5 Å². The zero-order chi connectivity index (χ0) is 10.8. The molecule has 0 aliphatic heterocycles. The summed E-state index contributed by atoms with van der Waals surface area (Å²) in [6.45, 7) is 8.53. The summed E-state index contributed by atoms with van der Waals surface area (Å²) in [5.74, 6) is 0. The van der Waals surface area contributed by atoms with Gasteiger partial charge in [0.1, 0.15) is 0 Å². The number of aliphatic hydroxyl groups is 1. The number of nitrogens with one attached hydrogen (secondary N) is 1. The maximum Gasteiger partial charge on any atom is 0.0741 e. The van der Waals surface area contributed by atoms with E-state index in [9.17, 15) is 5.11 Å². The van der Waals surface area contributed by atoms with Crippen molar-refractivity contribution >= 4 is 0 Å². The molecule has 0 heterocycles. The van der Waals surface area contributed by atoms with E-state index in [1.165, 1.54) is 0 Å². The van der Waals surface area contributed by atoms with Gasteiger partial charge in [-0.15, -0.1) is 0 Å². The maximum absolute atomic E-state index is 9.73. The van der Waals surface area contributed by atoms with Crippen LogP contribution in [0.3, 0.4) is 0 Å². The summed E-state index contributed by atoms with van der Waals surface area (Å²) in [4.78, 5) is 0. The molecule has 0 bridgehead atoms. The Morgan fingerprint density at radius 2 is 2.07 bits per heavy atom. The Bertz CT molecular complexity index is 171. The van der Waals surface area contributed by atoms with Crippen LogP contribution in [0.2, 0.25) is 0 Å². The van der Waals surface area contributed by atoms with Gasteiger partial charge in [0.25, 0.3) is 0 Å². The molecule has 0 aromatic rings. The largest absolute Gasteiger partial charge is 0.389 e. The summed E-state index contributed by atoms with van der Waals surface area (Å²) >= 11 is 0. The lowest BCUT2D eigenvalue weighted by Crippen LogP contribution is -2.54. The van der Waals surface area contributed by atoms with Crippen molar-refractivity contribution in [2.75, 3.05) is 6.61 Å². The average molecular weight is 201 g/mol. The molecule has 1 rings (SSSR count). The van der Waals surface area contributed by atoms with Crippen LogP contribution in [-0.2, 0) is 4.74 Å². The molecular formula is C11H23NO2. The minimum atomic E-state index is -0.642. The van der Waals surface area contributed by atoms with E-state index in [2.05, 4.69) is 5.32 Å². The van der Waals surface area contributed by atoms with Crippen molar-refractivity contribution in [2.45, 2.75) is 64.3 Å². The lowest BCUT2D eigenvalue weighted by molar-refractivity contribution is -0.0260. The van der Waals surface area contributed by atoms with Gasteiger partial charge in [-0.1, -0.05) is 0 Å². The number of ether oxygens (including phenoxy) is 1. The van der Waals surface area contributed by atoms with Gasteiger partial charge in [-0.3, -0.25) is 0 Å². The molecule has 2 N–H and O–H groups in total. The van der Waals surface area contributed by atoms with Gasteiger partial charge in [-0.05, 0) is 40.5 Å². The van der Waals surface area contributed by atoms with Crippen LogP contribution in [-0.4, -0.2) is 35.5 Å². The van der Waals surface area contributed by atoms with Crippen molar-refractivity contribution in [1.29, 1.82) is 0 Å². The van der Waals surface area contributed by atoms with Crippen molar-refractivity contribution in [2.24, 2.45) is 0 Å². The molecule has 3 heteroatoms. The van der Waals surface area contributed by atoms with Crippen molar-refractivity contribution in [3.05, 3.63) is 0 Å². The van der Waals surface area contributed by atoms with E-state index in [1.807, 2.05) is 27.7 Å². The Kier molecular flexibility index (Phi) is 3.93. The highest BCUT2D eigenvalue weighted by molar-refractivity contribution is 4.91. The second kappa shape index (κ2) is 4.60. The Balaban J connectivity index is 2.16. The molecule has 84 valence electrons. The molecule has 1 fully saturated rings. The van der Waals surface area contributed by atoms with E-state index in [0.29, 0.717) is 12.1 Å². The average Bonchev–Trinajstić information content (AvgIpc) is 1.98. The SMILES string of the molecule is CCOC1CC(NC(C)C(C)(C)O)C1. The molecule has 3 nitrogen and oxygen atoms in total. The molecular weight excluding hydrogens is 178 g/mol. The molecule has 0 aromatic carbocycles. The van der Waals surface area contributed by atoms with Gasteiger partial charge in [0.2, 0.25) is 0 Å². The molecule has 1 unspecified atom stereocenters. The first kappa shape index (κ1) is 12.0. The minimum absolute atomic E-state index is 0.134. The third-order valence-electron chi connectivity index (χ3n) is 3.04. The van der Waals surface area contributed by atoms with Crippen LogP contribution in [0.4, 0.5) is 0 Å². The first-order chi connectivity index (χ1) is 6.43. The van der Waals surface area contributed by atoms with Crippen molar-refractivity contribution < 1.29 is 9.84 Å². The van der Waals surface area contributed by atoms with Crippen LogP contribution in [0.25, 0.3) is 0 Å². The predicted octanol–water partition coefficient (Wildman–Crippen LogP) is 1.30. The summed E-state index contributed by atoms with van der Waals surface area (Å²) in [5.41, 5.74) is -0.642. The van der Waals surface area contributed by atoms with E-state index >= 15 is 0 Å². The van der Waals surface area contributed by atoms with E-state index in [1.54, 1.807) is 0 Å². The molecule has 0 radical (unpaired) electrons. The lowest BCUT2D eigenvalue weighted by Gasteiger charge is -2.40. The molecule has 1 aliphatic rings. The van der Waals surface area contributed by atoms with Gasteiger partial charge in [-0.2, -0.15) is 0 Å². The van der Waals surface area contributed by atoms with Gasteiger partial charge < -0.3 is 15.2 Å². The van der Waals surface area contributed by atoms with E-state index in [-0.39, 0.29) is 6.04 Å². The summed E-state index contributed by atoms with van der Waals surface area (Å²) in [5, 5.41) is 13.1. The normalized spacial score (nSPS) is 29.8. The highest BCUT2D eigenvalue weighted by Crippen LogP contribution is 2.24. The van der Waals surface area contributed by atoms with Crippen LogP contribution in [0, 0.1) is 0 Å². The fraction of sp³-hybridized carbons (Fsp3) is 1.00. The molecule has 14 heavy (non-hydrogen) atoms. The highest BCUT2D eigenvalue weighted by Gasteiger charge is 2.33. The van der Waals surface area contributed by atoms with Crippen LogP contribution in [0.5, 0.6) is 0 Å². The molecule has 0 amide bonds. The van der Waals surface area contributed by atoms with Crippen LogP contribution >= 0.6 is 0 Å². The fourth-order valence-electron chi connectivity index (χ4n) is 1.63. The lowest BCUT2D eigenvalue weighted by atomic mass is 9.87. The van der Waals surface area contributed by atoms with Crippen LogP contribution in [0.15, 0.2) is 0 Å². The molecule has 1 saturated carbocycles. The molecule has 0 aromatic heterocycles. The maximum atomic E-state index is 9.73. The zero-order valence-electron chi connectivity index (χ0n) is 9.71. The minimum Gasteiger partial charge on any atom is -0.389 e. The first-order valence-electron chi connectivity index (χ1n) is 5.53. The van der Waals surface area contributed by atoms with Crippen LogP contribution < -0.4 is 5.32 Å². The van der Waals surface area contributed by atoms with E-state index in [0.717, 1.165) is 19.4 Å². The molecule has 0 saturated heterocycles. The molecule has 0 spiro atoms. The fourth-order valence-corrected chi connectivity index (χ4v) is 1.63. The summed E-state index contributed by atoms with van der Waals surface area (Å²) in [7, 11) is 0. The van der Waals surface area contributed by atoms with E-state index < -0.39 is 5.60 Å². The van der Waals surface area contributed by atoms with Gasteiger partial charge in [-0.25, -0.2) is 0 Å². The Labute approximate surface area is 86.8 Å². The number of hydrogen-bond donors (Lipinski definition) is 2. The summed E-state index contributed by atoms with van der Waals surface area (Å²) in [6, 6.07) is 0.656. The topological polar surface area (TPSA) is 41.5 Å². The van der Waals surface area contributed by atoms with Gasteiger partial charge in [0.05, 0.1) is 11.7 Å². The first-order valence-corrected chi connectivity index (χ1v) is 5.53. The third kappa shape index (κ3) is 3.23. The molecule has 1 atom stereocenters. The van der Waals surface area contributed by atoms with Gasteiger partial charge in [0, 0.05) is 18.7 Å².